The van der Waals surface area contributed by atoms with Gasteiger partial charge in [-0.15, -0.1) is 11.3 Å². The van der Waals surface area contributed by atoms with Crippen LogP contribution < -0.4 is 4.74 Å². The molecule has 0 spiro atoms. The minimum atomic E-state index is 0.0707. The smallest absolute Gasteiger partial charge is 0.282 e. The molecule has 0 N–H and O–H groups in total. The maximum Gasteiger partial charge on any atom is 0.282 e. The number of nitrogens with zero attached hydrogens (tertiary/aromatic N) is 3. The second kappa shape index (κ2) is 8.64. The Bertz CT molecular complexity index is 730. The molecule has 1 aromatic carbocycles. The first-order valence-corrected chi connectivity index (χ1v) is 10.1. The van der Waals surface area contributed by atoms with E-state index >= 15 is 0 Å². The Morgan fingerprint density at radius 3 is 2.77 bits per heavy atom. The van der Waals surface area contributed by atoms with E-state index in [1.165, 1.54) is 10.4 Å². The second-order valence-corrected chi connectivity index (χ2v) is 7.58. The average molecular weight is 374 g/mol. The number of amides is 1. The zero-order valence-electron chi connectivity index (χ0n) is 15.8. The predicted octanol–water partition coefficient (Wildman–Crippen LogP) is 3.23. The van der Waals surface area contributed by atoms with Crippen LogP contribution in [0.3, 0.4) is 0 Å². The van der Waals surface area contributed by atoms with E-state index < -0.39 is 0 Å². The first kappa shape index (κ1) is 18.9. The van der Waals surface area contributed by atoms with Gasteiger partial charge >= 0.3 is 0 Å². The molecule has 140 valence electrons. The van der Waals surface area contributed by atoms with Gasteiger partial charge in [0.25, 0.3) is 5.91 Å². The van der Waals surface area contributed by atoms with Crippen molar-refractivity contribution < 1.29 is 9.53 Å². The molecule has 0 bridgehead atoms. The Morgan fingerprint density at radius 2 is 2.04 bits per heavy atom. The Kier molecular flexibility index (Phi) is 6.27. The van der Waals surface area contributed by atoms with Crippen molar-refractivity contribution in [2.75, 3.05) is 33.3 Å². The number of hydrogen-bond acceptors (Lipinski definition) is 5. The Hall–Kier alpha value is -1.92. The van der Waals surface area contributed by atoms with Gasteiger partial charge in [0, 0.05) is 44.0 Å². The van der Waals surface area contributed by atoms with Crippen molar-refractivity contribution in [3.63, 3.8) is 0 Å². The maximum atomic E-state index is 12.5. The van der Waals surface area contributed by atoms with Crippen LogP contribution in [0.2, 0.25) is 0 Å². The summed E-state index contributed by atoms with van der Waals surface area (Å²) in [5, 5.41) is 0.653. The van der Waals surface area contributed by atoms with Gasteiger partial charge in [-0.1, -0.05) is 12.1 Å². The standard InChI is InChI=1S/C20H27N3O2S/c1-4-23(5-2)20(24)19-21-17-9-11-22(12-10-18(17)26-19)14-15-7-6-8-16(13-15)25-3/h6-8,13H,4-5,9-12,14H2,1-3H3. The van der Waals surface area contributed by atoms with Gasteiger partial charge in [-0.2, -0.15) is 0 Å². The summed E-state index contributed by atoms with van der Waals surface area (Å²) in [6.45, 7) is 8.35. The topological polar surface area (TPSA) is 45.7 Å². The molecule has 6 heteroatoms. The van der Waals surface area contributed by atoms with Gasteiger partial charge in [0.15, 0.2) is 5.01 Å². The molecule has 0 fully saturated rings. The molecule has 0 atom stereocenters. The molecule has 2 aromatic rings. The highest BCUT2D eigenvalue weighted by Crippen LogP contribution is 2.25. The summed E-state index contributed by atoms with van der Waals surface area (Å²) in [5.74, 6) is 0.971. The summed E-state index contributed by atoms with van der Waals surface area (Å²) in [7, 11) is 1.70. The molecule has 1 aliphatic rings. The molecule has 1 amide bonds. The second-order valence-electron chi connectivity index (χ2n) is 6.49. The first-order chi connectivity index (χ1) is 12.6. The number of carbonyl (C=O) groups is 1. The zero-order valence-corrected chi connectivity index (χ0v) is 16.6. The van der Waals surface area contributed by atoms with Gasteiger partial charge < -0.3 is 9.64 Å². The van der Waals surface area contributed by atoms with Crippen molar-refractivity contribution in [1.29, 1.82) is 0 Å². The molecule has 1 aliphatic heterocycles. The van der Waals surface area contributed by atoms with E-state index in [1.54, 1.807) is 18.4 Å². The molecule has 5 nitrogen and oxygen atoms in total. The molecule has 3 rings (SSSR count). The van der Waals surface area contributed by atoms with Crippen molar-refractivity contribution in [2.45, 2.75) is 33.2 Å². The monoisotopic (exact) mass is 373 g/mol. The molecule has 2 heterocycles. The van der Waals surface area contributed by atoms with Crippen LogP contribution in [0.5, 0.6) is 5.75 Å². The van der Waals surface area contributed by atoms with Crippen molar-refractivity contribution in [2.24, 2.45) is 0 Å². The number of fused-ring (bicyclic) bond motifs is 1. The molecule has 26 heavy (non-hydrogen) atoms. The number of rotatable bonds is 6. The van der Waals surface area contributed by atoms with Crippen molar-refractivity contribution in [3.8, 4) is 5.75 Å². The van der Waals surface area contributed by atoms with E-state index in [0.29, 0.717) is 5.01 Å². The molecular weight excluding hydrogens is 346 g/mol. The third-order valence-corrected chi connectivity index (χ3v) is 6.02. The summed E-state index contributed by atoms with van der Waals surface area (Å²) in [5.41, 5.74) is 2.37. The third kappa shape index (κ3) is 4.24. The highest BCUT2D eigenvalue weighted by atomic mass is 32.1. The minimum Gasteiger partial charge on any atom is -0.497 e. The molecular formula is C20H27N3O2S. The lowest BCUT2D eigenvalue weighted by atomic mass is 10.2. The molecule has 0 aliphatic carbocycles. The van der Waals surface area contributed by atoms with Crippen LogP contribution in [0.15, 0.2) is 24.3 Å². The van der Waals surface area contributed by atoms with E-state index in [9.17, 15) is 4.79 Å². The fraction of sp³-hybridized carbons (Fsp3) is 0.500. The van der Waals surface area contributed by atoms with Crippen LogP contribution in [0.25, 0.3) is 0 Å². The van der Waals surface area contributed by atoms with Gasteiger partial charge in [0.05, 0.1) is 12.8 Å². The van der Waals surface area contributed by atoms with Crippen LogP contribution in [0, 0.1) is 0 Å². The van der Waals surface area contributed by atoms with Gasteiger partial charge in [-0.25, -0.2) is 4.98 Å². The number of aromatic nitrogens is 1. The average Bonchev–Trinajstić information content (AvgIpc) is 2.99. The summed E-state index contributed by atoms with van der Waals surface area (Å²) >= 11 is 1.58. The van der Waals surface area contributed by atoms with Gasteiger partial charge in [0.1, 0.15) is 5.75 Å². The predicted molar refractivity (Wildman–Crippen MR) is 105 cm³/mol. The zero-order chi connectivity index (χ0) is 18.5. The number of thiazole rings is 1. The number of ether oxygens (including phenoxy) is 1. The van der Waals surface area contributed by atoms with Gasteiger partial charge in [0.2, 0.25) is 0 Å². The van der Waals surface area contributed by atoms with E-state index in [0.717, 1.165) is 57.0 Å². The summed E-state index contributed by atoms with van der Waals surface area (Å²) in [4.78, 5) is 22.8. The van der Waals surface area contributed by atoms with E-state index in [2.05, 4.69) is 22.0 Å². The van der Waals surface area contributed by atoms with E-state index in [-0.39, 0.29) is 5.91 Å². The Morgan fingerprint density at radius 1 is 1.27 bits per heavy atom. The molecule has 0 radical (unpaired) electrons. The highest BCUT2D eigenvalue weighted by molar-refractivity contribution is 7.13. The van der Waals surface area contributed by atoms with Gasteiger partial charge in [-0.3, -0.25) is 9.69 Å². The van der Waals surface area contributed by atoms with Crippen molar-refractivity contribution in [3.05, 3.63) is 45.4 Å². The number of benzene rings is 1. The number of carbonyl (C=O) groups excluding carboxylic acids is 1. The summed E-state index contributed by atoms with van der Waals surface area (Å²) < 4.78 is 5.32. The molecule has 0 unspecified atom stereocenters. The quantitative estimate of drug-likeness (QED) is 0.780. The molecule has 1 aromatic heterocycles. The largest absolute Gasteiger partial charge is 0.497 e. The Balaban J connectivity index is 1.65. The minimum absolute atomic E-state index is 0.0707. The fourth-order valence-electron chi connectivity index (χ4n) is 3.33. The molecule has 0 saturated heterocycles. The number of methoxy groups -OCH3 is 1. The normalized spacial score (nSPS) is 14.6. The summed E-state index contributed by atoms with van der Waals surface area (Å²) in [6, 6.07) is 8.25. The first-order valence-electron chi connectivity index (χ1n) is 9.27. The maximum absolute atomic E-state index is 12.5. The lowest BCUT2D eigenvalue weighted by Gasteiger charge is -2.20. The van der Waals surface area contributed by atoms with Crippen LogP contribution >= 0.6 is 11.3 Å². The lowest BCUT2D eigenvalue weighted by Crippen LogP contribution is -2.30. The highest BCUT2D eigenvalue weighted by Gasteiger charge is 2.23. The summed E-state index contributed by atoms with van der Waals surface area (Å²) in [6.07, 6.45) is 1.86. The van der Waals surface area contributed by atoms with Crippen molar-refractivity contribution in [1.82, 2.24) is 14.8 Å². The molecule has 0 saturated carbocycles. The fourth-order valence-corrected chi connectivity index (χ4v) is 4.40. The number of hydrogen-bond donors (Lipinski definition) is 0. The van der Waals surface area contributed by atoms with Crippen LogP contribution in [-0.4, -0.2) is 54.0 Å². The van der Waals surface area contributed by atoms with Crippen molar-refractivity contribution >= 4 is 17.2 Å². The third-order valence-electron chi connectivity index (χ3n) is 4.87. The SMILES string of the molecule is CCN(CC)C(=O)c1nc2c(s1)CCN(Cc1cccc(OC)c1)CC2. The van der Waals surface area contributed by atoms with E-state index in [1.807, 2.05) is 30.9 Å². The Labute approximate surface area is 159 Å². The van der Waals surface area contributed by atoms with Gasteiger partial charge in [-0.05, 0) is 38.0 Å². The van der Waals surface area contributed by atoms with E-state index in [4.69, 9.17) is 4.74 Å². The lowest BCUT2D eigenvalue weighted by molar-refractivity contribution is 0.0772. The van der Waals surface area contributed by atoms with Crippen LogP contribution in [0.4, 0.5) is 0 Å². The van der Waals surface area contributed by atoms with Crippen LogP contribution in [0.1, 0.15) is 39.8 Å². The van der Waals surface area contributed by atoms with Crippen LogP contribution in [-0.2, 0) is 19.4 Å².